The normalized spacial score (nSPS) is 14.5. The largest absolute Gasteiger partial charge is 0.496 e. The number of nitriles is 1. The van der Waals surface area contributed by atoms with Gasteiger partial charge in [0.2, 0.25) is 0 Å². The van der Waals surface area contributed by atoms with E-state index in [0.717, 1.165) is 63.7 Å². The molecule has 0 spiro atoms. The Labute approximate surface area is 179 Å². The maximum absolute atomic E-state index is 9.08. The predicted molar refractivity (Wildman–Crippen MR) is 117 cm³/mol. The van der Waals surface area contributed by atoms with Crippen LogP contribution in [0.5, 0.6) is 5.75 Å². The van der Waals surface area contributed by atoms with E-state index in [1.165, 1.54) is 0 Å². The van der Waals surface area contributed by atoms with E-state index in [4.69, 9.17) is 26.6 Å². The van der Waals surface area contributed by atoms with Crippen LogP contribution >= 0.6 is 27.5 Å². The first-order valence-electron chi connectivity index (χ1n) is 9.33. The molecule has 0 aliphatic carbocycles. The summed E-state index contributed by atoms with van der Waals surface area (Å²) in [4.78, 5) is 6.96. The number of ether oxygens (including phenoxy) is 1. The summed E-state index contributed by atoms with van der Waals surface area (Å²) in [7, 11) is 1.69. The molecule has 0 fully saturated rings. The minimum absolute atomic E-state index is 0.128. The Morgan fingerprint density at radius 1 is 1.32 bits per heavy atom. The number of hydrogen-bond donors (Lipinski definition) is 0. The van der Waals surface area contributed by atoms with Crippen LogP contribution in [-0.2, 0) is 12.8 Å². The summed E-state index contributed by atoms with van der Waals surface area (Å²) >= 11 is 10.1. The van der Waals surface area contributed by atoms with Crippen molar-refractivity contribution in [1.29, 1.82) is 5.26 Å². The topological polar surface area (TPSA) is 48.6 Å². The van der Waals surface area contributed by atoms with Crippen LogP contribution in [0.4, 0.5) is 0 Å². The van der Waals surface area contributed by atoms with Gasteiger partial charge in [-0.15, -0.1) is 0 Å². The van der Waals surface area contributed by atoms with Crippen LogP contribution in [0.2, 0.25) is 5.02 Å². The molecule has 2 aromatic carbocycles. The minimum atomic E-state index is 0.128. The number of halogens is 2. The molecule has 0 radical (unpaired) electrons. The summed E-state index contributed by atoms with van der Waals surface area (Å²) in [6.07, 6.45) is 2.06. The molecule has 1 aliphatic rings. The summed E-state index contributed by atoms with van der Waals surface area (Å²) < 4.78 is 6.54. The van der Waals surface area contributed by atoms with Gasteiger partial charge in [0, 0.05) is 27.6 Å². The van der Waals surface area contributed by atoms with E-state index in [1.807, 2.05) is 24.3 Å². The smallest absolute Gasteiger partial charge is 0.131 e. The molecule has 1 aliphatic heterocycles. The molecule has 0 saturated carbocycles. The summed E-state index contributed by atoms with van der Waals surface area (Å²) in [5, 5.41) is 9.83. The van der Waals surface area contributed by atoms with E-state index in [2.05, 4.69) is 46.0 Å². The third-order valence-corrected chi connectivity index (χ3v) is 5.89. The third-order valence-electron chi connectivity index (χ3n) is 5.04. The van der Waals surface area contributed by atoms with Crippen LogP contribution in [0.15, 0.2) is 45.9 Å². The molecule has 6 heteroatoms. The van der Waals surface area contributed by atoms with E-state index < -0.39 is 0 Å². The van der Waals surface area contributed by atoms with Crippen LogP contribution in [-0.4, -0.2) is 37.0 Å². The molecule has 1 unspecified atom stereocenters. The Bertz CT molecular complexity index is 922. The molecule has 4 nitrogen and oxygen atoms in total. The third kappa shape index (κ3) is 4.51. The molecule has 0 amide bonds. The van der Waals surface area contributed by atoms with E-state index >= 15 is 0 Å². The highest BCUT2D eigenvalue weighted by atomic mass is 79.9. The van der Waals surface area contributed by atoms with Crippen molar-refractivity contribution >= 4 is 33.4 Å². The lowest BCUT2D eigenvalue weighted by atomic mass is 9.97. The molecule has 1 atom stereocenters. The Hall–Kier alpha value is -2.03. The summed E-state index contributed by atoms with van der Waals surface area (Å²) in [6.45, 7) is 3.65. The van der Waals surface area contributed by atoms with Gasteiger partial charge in [-0.2, -0.15) is 5.26 Å². The van der Waals surface area contributed by atoms with Crippen LogP contribution in [0, 0.1) is 11.3 Å². The maximum atomic E-state index is 9.08. The zero-order chi connectivity index (χ0) is 20.1. The van der Waals surface area contributed by atoms with Crippen LogP contribution in [0.3, 0.4) is 0 Å². The fourth-order valence-electron chi connectivity index (χ4n) is 3.60. The molecular weight excluding hydrogens is 438 g/mol. The fraction of sp³-hybridized carbons (Fsp3) is 0.364. The van der Waals surface area contributed by atoms with Crippen molar-refractivity contribution in [3.05, 3.63) is 62.6 Å². The van der Waals surface area contributed by atoms with E-state index in [-0.39, 0.29) is 6.04 Å². The molecule has 2 aromatic rings. The Balaban J connectivity index is 1.89. The van der Waals surface area contributed by atoms with Gasteiger partial charge in [-0.1, -0.05) is 39.7 Å². The van der Waals surface area contributed by atoms with Gasteiger partial charge in [0.15, 0.2) is 0 Å². The number of methoxy groups -OCH3 is 1. The van der Waals surface area contributed by atoms with Crippen molar-refractivity contribution in [2.75, 3.05) is 20.2 Å². The van der Waals surface area contributed by atoms with Crippen LogP contribution < -0.4 is 4.74 Å². The number of aryl methyl sites for hydroxylation is 1. The predicted octanol–water partition coefficient (Wildman–Crippen LogP) is 5.26. The van der Waals surface area contributed by atoms with Crippen LogP contribution in [0.25, 0.3) is 0 Å². The lowest BCUT2D eigenvalue weighted by molar-refractivity contribution is 0.362. The van der Waals surface area contributed by atoms with Crippen molar-refractivity contribution in [1.82, 2.24) is 4.90 Å². The fourth-order valence-corrected chi connectivity index (χ4v) is 4.27. The minimum Gasteiger partial charge on any atom is -0.496 e. The van der Waals surface area contributed by atoms with E-state index in [0.29, 0.717) is 6.42 Å². The molecular formula is C22H23BrClN3O. The lowest BCUT2D eigenvalue weighted by Crippen LogP contribution is -2.37. The van der Waals surface area contributed by atoms with Crippen molar-refractivity contribution in [2.45, 2.75) is 32.2 Å². The molecule has 28 heavy (non-hydrogen) atoms. The SMILES string of the molecule is COc1ccc(Br)cc1CCc1c(Cl)cccc1C1=NCCN1C(C)CC#N. The van der Waals surface area contributed by atoms with Gasteiger partial charge < -0.3 is 9.64 Å². The first-order valence-corrected chi connectivity index (χ1v) is 10.5. The molecule has 0 bridgehead atoms. The quantitative estimate of drug-likeness (QED) is 0.566. The second kappa shape index (κ2) is 9.45. The van der Waals surface area contributed by atoms with Crippen LogP contribution in [0.1, 0.15) is 30.0 Å². The first-order chi connectivity index (χ1) is 13.5. The van der Waals surface area contributed by atoms with Crippen molar-refractivity contribution in [3.63, 3.8) is 0 Å². The molecule has 0 saturated heterocycles. The number of aliphatic imine (C=N–C) groups is 1. The molecule has 1 heterocycles. The highest BCUT2D eigenvalue weighted by molar-refractivity contribution is 9.10. The number of amidine groups is 1. The number of benzene rings is 2. The van der Waals surface area contributed by atoms with Gasteiger partial charge in [-0.25, -0.2) is 0 Å². The van der Waals surface area contributed by atoms with Gasteiger partial charge in [-0.05, 0) is 55.2 Å². The van der Waals surface area contributed by atoms with Gasteiger partial charge >= 0.3 is 0 Å². The summed E-state index contributed by atoms with van der Waals surface area (Å²) in [5.74, 6) is 1.82. The monoisotopic (exact) mass is 459 g/mol. The van der Waals surface area contributed by atoms with E-state index in [1.54, 1.807) is 7.11 Å². The van der Waals surface area contributed by atoms with Gasteiger partial charge in [0.1, 0.15) is 11.6 Å². The zero-order valence-corrected chi connectivity index (χ0v) is 18.4. The highest BCUT2D eigenvalue weighted by Crippen LogP contribution is 2.29. The van der Waals surface area contributed by atoms with E-state index in [9.17, 15) is 0 Å². The number of nitrogens with zero attached hydrogens (tertiary/aromatic N) is 3. The summed E-state index contributed by atoms with van der Waals surface area (Å²) in [6, 6.07) is 14.4. The maximum Gasteiger partial charge on any atom is 0.131 e. The molecule has 146 valence electrons. The Morgan fingerprint density at radius 3 is 2.89 bits per heavy atom. The van der Waals surface area contributed by atoms with Gasteiger partial charge in [0.05, 0.1) is 26.1 Å². The standard InChI is InChI=1S/C22H23BrClN3O/c1-15(10-11-25)27-13-12-26-22(27)19-4-3-5-20(24)18(19)8-6-16-14-17(23)7-9-21(16)28-2/h3-5,7,9,14-15H,6,8,10,12-13H2,1-2H3. The Morgan fingerprint density at radius 2 is 2.14 bits per heavy atom. The Kier molecular flexibility index (Phi) is 6.98. The second-order valence-electron chi connectivity index (χ2n) is 6.83. The molecule has 3 rings (SSSR count). The van der Waals surface area contributed by atoms with Gasteiger partial charge in [-0.3, -0.25) is 4.99 Å². The molecule has 0 N–H and O–H groups in total. The first kappa shape index (κ1) is 20.7. The lowest BCUT2D eigenvalue weighted by Gasteiger charge is -2.27. The average molecular weight is 461 g/mol. The second-order valence-corrected chi connectivity index (χ2v) is 8.15. The van der Waals surface area contributed by atoms with Crippen molar-refractivity contribution in [2.24, 2.45) is 4.99 Å². The molecule has 0 aromatic heterocycles. The van der Waals surface area contributed by atoms with Crippen molar-refractivity contribution < 1.29 is 4.74 Å². The van der Waals surface area contributed by atoms with Gasteiger partial charge in [0.25, 0.3) is 0 Å². The highest BCUT2D eigenvalue weighted by Gasteiger charge is 2.25. The van der Waals surface area contributed by atoms with Crippen molar-refractivity contribution in [3.8, 4) is 11.8 Å². The number of hydrogen-bond acceptors (Lipinski definition) is 4. The average Bonchev–Trinajstić information content (AvgIpc) is 3.17. The zero-order valence-electron chi connectivity index (χ0n) is 16.1. The summed E-state index contributed by atoms with van der Waals surface area (Å²) in [5.41, 5.74) is 3.27. The number of rotatable bonds is 7.